The smallest absolute Gasteiger partial charge is 0.317 e. The number of rotatable bonds is 24. The van der Waals surface area contributed by atoms with Crippen molar-refractivity contribution in [2.45, 2.75) is 324 Å². The van der Waals surface area contributed by atoms with Crippen molar-refractivity contribution in [1.82, 2.24) is 5.32 Å². The lowest BCUT2D eigenvalue weighted by Crippen LogP contribution is -2.68. The summed E-state index contributed by atoms with van der Waals surface area (Å²) in [7, 11) is 0. The van der Waals surface area contributed by atoms with Gasteiger partial charge in [-0.25, -0.2) is 0 Å². The van der Waals surface area contributed by atoms with E-state index < -0.39 is 218 Å². The molecule has 9 fully saturated rings. The number of hydrogen-bond acceptors (Lipinski definition) is 28. The van der Waals surface area contributed by atoms with E-state index in [1.54, 1.807) is 0 Å². The van der Waals surface area contributed by atoms with Crippen LogP contribution in [0, 0.1) is 50.2 Å². The Hall–Kier alpha value is -4.33. The van der Waals surface area contributed by atoms with Crippen LogP contribution in [0.15, 0.2) is 66.2 Å². The summed E-state index contributed by atoms with van der Waals surface area (Å²) in [6.45, 7) is 14.5. The average molecular weight is 1540 g/mol. The number of fused-ring (bicyclic) bond motifs is 7. The van der Waals surface area contributed by atoms with Crippen LogP contribution in [0.3, 0.4) is 0 Å². The maximum Gasteiger partial charge on any atom is 0.317 e. The predicted octanol–water partition coefficient (Wildman–Crippen LogP) is 2.52. The fourth-order valence-electron chi connectivity index (χ4n) is 20.5. The number of aliphatic hydroxyl groups excluding tert-OH is 14. The van der Waals surface area contributed by atoms with Gasteiger partial charge in [0.1, 0.15) is 115 Å². The Morgan fingerprint density at radius 1 is 0.560 bits per heavy atom. The Morgan fingerprint density at radius 3 is 1.88 bits per heavy atom. The Balaban J connectivity index is 0.713. The van der Waals surface area contributed by atoms with Crippen LogP contribution in [0.1, 0.15) is 164 Å². The van der Waals surface area contributed by atoms with Gasteiger partial charge in [-0.2, -0.15) is 0 Å². The van der Waals surface area contributed by atoms with Gasteiger partial charge in [-0.15, -0.1) is 0 Å². The number of nitrogens with one attached hydrogen (secondary N) is 1. The Bertz CT molecular complexity index is 3410. The van der Waals surface area contributed by atoms with Gasteiger partial charge in [0.05, 0.1) is 43.0 Å². The van der Waals surface area contributed by atoms with Crippen molar-refractivity contribution >= 4 is 18.2 Å². The zero-order chi connectivity index (χ0) is 78.6. The number of carbonyl (C=O) groups excluding carboxylic acids is 3. The fraction of sp³-hybridized carbons (Fsp3) is 0.787. The lowest BCUT2D eigenvalue weighted by molar-refractivity contribution is -0.394. The van der Waals surface area contributed by atoms with Crippen LogP contribution in [-0.2, 0) is 68.2 Å². The highest BCUT2D eigenvalue weighted by molar-refractivity contribution is 5.82. The molecule has 612 valence electrons. The van der Waals surface area contributed by atoms with Crippen LogP contribution in [0.25, 0.3) is 0 Å². The molecule has 5 aliphatic carbocycles. The van der Waals surface area contributed by atoms with Gasteiger partial charge >= 0.3 is 5.97 Å². The van der Waals surface area contributed by atoms with Gasteiger partial charge in [0.2, 0.25) is 6.29 Å². The fourth-order valence-corrected chi connectivity index (χ4v) is 20.5. The highest BCUT2D eigenvalue weighted by Crippen LogP contribution is 2.76. The SMILES string of the molecule is CC1O[C@@H](OC(=O)[C@]23CCC(C)(C)CCC2C2=CCC4C5(C)CC[C@H](O[C@@H]6OC(C(=O)NCCCCCCCCc7ccc(Oc8ccccc8)cc7)[C@@H](O)[C@H](O)C6O)[C@](C)(C=O)[C@@H]5CC[C@]4(C)[C@]2(C)C[C@@H]3O)C(O[C@@H]2OC(C)[C@H](O[C@@H]3OC[C@@H](O)[C@H](O)C3O)[C@H](O[C@@H]3OC(CO)[C@@H](O)[C@H](O)C3O)C2O)[C@@H](O)[C@H]1O. The first kappa shape index (κ1) is 84.1. The van der Waals surface area contributed by atoms with Crippen molar-refractivity contribution in [2.24, 2.45) is 50.2 Å². The van der Waals surface area contributed by atoms with Crippen molar-refractivity contribution in [1.29, 1.82) is 0 Å². The average Bonchev–Trinajstić information content (AvgIpc) is 1.28. The third-order valence-corrected chi connectivity index (χ3v) is 27.5. The standard InChI is InChI=1S/C80H119NO28/c1-40-53(86)58(91)67(108-72-63(96)65(106-70-61(94)56(89)55(88)48(37-82)103-70)64(41(2)101-72)105-69-60(93)54(87)47(84)38-99-69)73(100-40)109-74(98)80-34-33-75(3,4)30-27-46(80)45-25-26-50-76(5)31-29-52(77(6,39-83)49(76)28-32-78(50,7)79(45,8)36-51(80)85)104-71-62(95)57(90)59(92)66(107-71)68(97)81-35-17-12-10-9-11-14-18-42-21-23-44(24-22-42)102-43-19-15-13-16-20-43/h13,15-16,19-25,39-41,46-67,69-73,82,84-96H,9-12,14,17-18,26-38H2,1-8H3,(H,81,97)/t40?,41?,46?,47-,48?,49-,50?,51+,52+,53+,54+,55-,56+,57+,58+,59+,60?,61?,62?,63?,64+,65-,66?,67?,69+,70+,71-,72+,73+,76?,77-,78+,79-,80-/m1/s1. The molecule has 0 bridgehead atoms. The van der Waals surface area contributed by atoms with Crippen molar-refractivity contribution in [3.05, 3.63) is 71.8 Å². The third-order valence-electron chi connectivity index (χ3n) is 27.5. The zero-order valence-electron chi connectivity index (χ0n) is 63.7. The number of amides is 1. The second-order valence-electron chi connectivity index (χ2n) is 34.6. The van der Waals surface area contributed by atoms with Crippen molar-refractivity contribution in [2.75, 3.05) is 19.8 Å². The van der Waals surface area contributed by atoms with Gasteiger partial charge in [0.15, 0.2) is 37.4 Å². The Labute approximate surface area is 636 Å². The number of aryl methyl sites for hydroxylation is 1. The molecule has 29 nitrogen and oxygen atoms in total. The van der Waals surface area contributed by atoms with Crippen molar-refractivity contribution in [3.8, 4) is 11.5 Å². The van der Waals surface area contributed by atoms with E-state index >= 15 is 4.79 Å². The number of carbonyl (C=O) groups is 3. The number of allylic oxidation sites excluding steroid dienone is 2. The predicted molar refractivity (Wildman–Crippen MR) is 383 cm³/mol. The number of aldehydes is 1. The van der Waals surface area contributed by atoms with E-state index in [0.717, 1.165) is 61.9 Å². The maximum atomic E-state index is 16.0. The van der Waals surface area contributed by atoms with Crippen LogP contribution in [0.5, 0.6) is 11.5 Å². The third kappa shape index (κ3) is 16.1. The summed E-state index contributed by atoms with van der Waals surface area (Å²) >= 11 is 0. The van der Waals surface area contributed by atoms with Crippen LogP contribution in [-0.4, -0.2) is 269 Å². The minimum Gasteiger partial charge on any atom is -0.457 e. The van der Waals surface area contributed by atoms with Crippen LogP contribution < -0.4 is 10.1 Å². The van der Waals surface area contributed by atoms with Crippen LogP contribution in [0.2, 0.25) is 0 Å². The van der Waals surface area contributed by atoms with Crippen molar-refractivity contribution in [3.63, 3.8) is 0 Å². The molecule has 15 N–H and O–H groups in total. The first-order valence-corrected chi connectivity index (χ1v) is 39.5. The molecule has 1 amide bonds. The van der Waals surface area contributed by atoms with Gasteiger partial charge in [-0.3, -0.25) is 9.59 Å². The molecule has 5 saturated heterocycles. The molecule has 109 heavy (non-hydrogen) atoms. The number of ether oxygens (including phenoxy) is 11. The molecule has 2 aromatic carbocycles. The summed E-state index contributed by atoms with van der Waals surface area (Å²) in [6, 6.07) is 17.8. The second kappa shape index (κ2) is 33.9. The minimum atomic E-state index is -2.09. The number of hydrogen-bond donors (Lipinski definition) is 15. The molecule has 12 unspecified atom stereocenters. The van der Waals surface area contributed by atoms with Gasteiger partial charge < -0.3 is 134 Å². The lowest BCUT2D eigenvalue weighted by atomic mass is 9.34. The van der Waals surface area contributed by atoms with Gasteiger partial charge in [0, 0.05) is 6.54 Å². The molecule has 4 saturated carbocycles. The van der Waals surface area contributed by atoms with E-state index in [-0.39, 0.29) is 30.1 Å². The first-order chi connectivity index (χ1) is 51.7. The number of aliphatic hydroxyl groups is 14. The molecule has 5 aliphatic heterocycles. The van der Waals surface area contributed by atoms with Gasteiger partial charge in [-0.1, -0.05) is 109 Å². The van der Waals surface area contributed by atoms with Crippen LogP contribution >= 0.6 is 0 Å². The number of para-hydroxylation sites is 1. The van der Waals surface area contributed by atoms with E-state index in [2.05, 4.69) is 58.1 Å². The minimum absolute atomic E-state index is 0.0833. The maximum absolute atomic E-state index is 16.0. The zero-order valence-corrected chi connectivity index (χ0v) is 63.7. The summed E-state index contributed by atoms with van der Waals surface area (Å²) in [4.78, 5) is 43.7. The molecule has 5 heterocycles. The van der Waals surface area contributed by atoms with E-state index in [1.807, 2.05) is 49.4 Å². The highest BCUT2D eigenvalue weighted by Gasteiger charge is 2.72. The summed E-state index contributed by atoms with van der Waals surface area (Å²) in [5.74, 6) is -0.942. The summed E-state index contributed by atoms with van der Waals surface area (Å²) in [5, 5.41) is 160. The monoisotopic (exact) mass is 1540 g/mol. The van der Waals surface area contributed by atoms with E-state index in [9.17, 15) is 81.1 Å². The highest BCUT2D eigenvalue weighted by atomic mass is 16.8. The molecule has 0 spiro atoms. The van der Waals surface area contributed by atoms with Crippen LogP contribution in [0.4, 0.5) is 0 Å². The number of esters is 1. The van der Waals surface area contributed by atoms with E-state index in [1.165, 1.54) is 19.4 Å². The van der Waals surface area contributed by atoms with E-state index in [4.69, 9.17) is 52.1 Å². The van der Waals surface area contributed by atoms with E-state index in [0.29, 0.717) is 64.3 Å². The Morgan fingerprint density at radius 2 is 1.18 bits per heavy atom. The molecular weight excluding hydrogens is 1420 g/mol. The largest absolute Gasteiger partial charge is 0.457 e. The second-order valence-corrected chi connectivity index (χ2v) is 34.6. The first-order valence-electron chi connectivity index (χ1n) is 39.5. The Kier molecular flexibility index (Phi) is 26.1. The summed E-state index contributed by atoms with van der Waals surface area (Å²) in [6.07, 6.45) is -29.7. The molecule has 12 rings (SSSR count). The molecule has 0 aromatic heterocycles. The molecule has 34 atom stereocenters. The number of benzene rings is 2. The summed E-state index contributed by atoms with van der Waals surface area (Å²) in [5.41, 5.74) is -2.72. The number of unbranched alkanes of at least 4 members (excludes halogenated alkanes) is 5. The molecule has 2 aromatic rings. The van der Waals surface area contributed by atoms with Gasteiger partial charge in [0.25, 0.3) is 5.91 Å². The van der Waals surface area contributed by atoms with Gasteiger partial charge in [-0.05, 0) is 167 Å². The molecule has 10 aliphatic rings. The quantitative estimate of drug-likeness (QED) is 0.0236. The van der Waals surface area contributed by atoms with Crippen molar-refractivity contribution < 1.29 is 138 Å². The molecule has 0 radical (unpaired) electrons. The lowest BCUT2D eigenvalue weighted by Gasteiger charge is -2.71. The normalized spacial score (nSPS) is 46.3. The molecule has 29 heteroatoms. The summed E-state index contributed by atoms with van der Waals surface area (Å²) < 4.78 is 67.3. The molecular formula is C80H119NO28. The topological polar surface area (TPSA) is 448 Å².